The first-order valence-corrected chi connectivity index (χ1v) is 11.1. The molecule has 1 amide bonds. The molecule has 0 aromatic heterocycles. The minimum atomic E-state index is -3.99. The first kappa shape index (κ1) is 22.3. The van der Waals surface area contributed by atoms with Crippen molar-refractivity contribution >= 4 is 21.6 Å². The van der Waals surface area contributed by atoms with Gasteiger partial charge in [0.25, 0.3) is 15.9 Å². The van der Waals surface area contributed by atoms with Gasteiger partial charge in [-0.3, -0.25) is 9.52 Å². The van der Waals surface area contributed by atoms with Crippen molar-refractivity contribution in [1.82, 2.24) is 5.32 Å². The monoisotopic (exact) mass is 442 g/mol. The van der Waals surface area contributed by atoms with Gasteiger partial charge in [0.2, 0.25) is 0 Å². The summed E-state index contributed by atoms with van der Waals surface area (Å²) in [6, 6.07) is 17.4. The van der Waals surface area contributed by atoms with Crippen LogP contribution in [0.1, 0.15) is 21.5 Å². The van der Waals surface area contributed by atoms with E-state index in [1.807, 2.05) is 24.3 Å². The molecule has 0 spiro atoms. The Morgan fingerprint density at radius 2 is 1.74 bits per heavy atom. The molecule has 31 heavy (non-hydrogen) atoms. The van der Waals surface area contributed by atoms with Crippen molar-refractivity contribution in [2.45, 2.75) is 18.2 Å². The van der Waals surface area contributed by atoms with E-state index in [0.717, 1.165) is 17.4 Å². The molecule has 0 saturated carbocycles. The second kappa shape index (κ2) is 9.61. The standard InChI is InChI=1S/C23H23FN2O4S/c1-16-15-19(11-12-21(16)24)31(28,29)26-22-6-4-3-5-20(22)23(27)25-14-13-17-7-9-18(30-2)10-8-17/h3-12,15,26H,13-14H2,1-2H3,(H,25,27). The third kappa shape index (κ3) is 5.61. The lowest BCUT2D eigenvalue weighted by atomic mass is 10.1. The highest BCUT2D eigenvalue weighted by atomic mass is 32.2. The maximum Gasteiger partial charge on any atom is 0.261 e. The highest BCUT2D eigenvalue weighted by Gasteiger charge is 2.19. The van der Waals surface area contributed by atoms with E-state index in [4.69, 9.17) is 4.74 Å². The summed E-state index contributed by atoms with van der Waals surface area (Å²) in [4.78, 5) is 12.6. The molecule has 162 valence electrons. The molecule has 0 fully saturated rings. The fourth-order valence-corrected chi connectivity index (χ4v) is 4.13. The van der Waals surface area contributed by atoms with Gasteiger partial charge in [0.1, 0.15) is 11.6 Å². The van der Waals surface area contributed by atoms with Crippen LogP contribution in [0.2, 0.25) is 0 Å². The quantitative estimate of drug-likeness (QED) is 0.554. The van der Waals surface area contributed by atoms with Crippen LogP contribution in [-0.2, 0) is 16.4 Å². The van der Waals surface area contributed by atoms with Crippen molar-refractivity contribution < 1.29 is 22.3 Å². The number of anilines is 1. The van der Waals surface area contributed by atoms with Crippen molar-refractivity contribution in [1.29, 1.82) is 0 Å². The molecule has 0 aliphatic heterocycles. The Bertz CT molecular complexity index is 1180. The molecule has 0 atom stereocenters. The third-order valence-electron chi connectivity index (χ3n) is 4.71. The number of nitrogens with one attached hydrogen (secondary N) is 2. The van der Waals surface area contributed by atoms with Crippen LogP contribution >= 0.6 is 0 Å². The first-order chi connectivity index (χ1) is 14.8. The number of halogens is 1. The zero-order valence-electron chi connectivity index (χ0n) is 17.2. The fourth-order valence-electron chi connectivity index (χ4n) is 2.97. The molecule has 0 aliphatic carbocycles. The molecule has 2 N–H and O–H groups in total. The summed E-state index contributed by atoms with van der Waals surface area (Å²) in [7, 11) is -2.39. The van der Waals surface area contributed by atoms with Crippen LogP contribution in [0.15, 0.2) is 71.6 Å². The van der Waals surface area contributed by atoms with Gasteiger partial charge in [0.15, 0.2) is 0 Å². The van der Waals surface area contributed by atoms with Crippen molar-refractivity contribution in [3.63, 3.8) is 0 Å². The number of para-hydroxylation sites is 1. The van der Waals surface area contributed by atoms with Gasteiger partial charge in [-0.1, -0.05) is 24.3 Å². The van der Waals surface area contributed by atoms with E-state index < -0.39 is 21.7 Å². The molecule has 8 heteroatoms. The molecule has 0 bridgehead atoms. The highest BCUT2D eigenvalue weighted by Crippen LogP contribution is 2.21. The van der Waals surface area contributed by atoms with E-state index in [1.54, 1.807) is 19.2 Å². The van der Waals surface area contributed by atoms with Crippen LogP contribution < -0.4 is 14.8 Å². The van der Waals surface area contributed by atoms with Gasteiger partial charge in [-0.05, 0) is 66.9 Å². The Hall–Kier alpha value is -3.39. The highest BCUT2D eigenvalue weighted by molar-refractivity contribution is 7.92. The van der Waals surface area contributed by atoms with Crippen LogP contribution in [0, 0.1) is 12.7 Å². The SMILES string of the molecule is COc1ccc(CCNC(=O)c2ccccc2NS(=O)(=O)c2ccc(F)c(C)c2)cc1. The normalized spacial score (nSPS) is 11.1. The van der Waals surface area contributed by atoms with Crippen molar-refractivity contribution in [3.8, 4) is 5.75 Å². The number of benzene rings is 3. The topological polar surface area (TPSA) is 84.5 Å². The van der Waals surface area contributed by atoms with E-state index in [-0.39, 0.29) is 21.7 Å². The number of sulfonamides is 1. The minimum Gasteiger partial charge on any atom is -0.497 e. The average molecular weight is 443 g/mol. The lowest BCUT2D eigenvalue weighted by molar-refractivity contribution is 0.0955. The second-order valence-corrected chi connectivity index (χ2v) is 8.60. The fraction of sp³-hybridized carbons (Fsp3) is 0.174. The number of carbonyl (C=O) groups is 1. The Morgan fingerprint density at radius 1 is 1.03 bits per heavy atom. The number of aryl methyl sites for hydroxylation is 1. The summed E-state index contributed by atoms with van der Waals surface area (Å²) in [5.74, 6) is -0.136. The molecular weight excluding hydrogens is 419 g/mol. The molecule has 3 aromatic carbocycles. The molecule has 0 heterocycles. The summed E-state index contributed by atoms with van der Waals surface area (Å²) in [5, 5.41) is 2.80. The van der Waals surface area contributed by atoms with Crippen molar-refractivity contribution in [2.24, 2.45) is 0 Å². The smallest absolute Gasteiger partial charge is 0.261 e. The number of hydrogen-bond acceptors (Lipinski definition) is 4. The van der Waals surface area contributed by atoms with Crippen molar-refractivity contribution in [3.05, 3.63) is 89.2 Å². The second-order valence-electron chi connectivity index (χ2n) is 6.92. The Labute approximate surface area is 181 Å². The minimum absolute atomic E-state index is 0.0823. The van der Waals surface area contributed by atoms with Gasteiger partial charge in [-0.15, -0.1) is 0 Å². The summed E-state index contributed by atoms with van der Waals surface area (Å²) in [6.45, 7) is 1.86. The van der Waals surface area contributed by atoms with Gasteiger partial charge in [0.05, 0.1) is 23.3 Å². The van der Waals surface area contributed by atoms with Crippen LogP contribution in [0.25, 0.3) is 0 Å². The van der Waals surface area contributed by atoms with Gasteiger partial charge >= 0.3 is 0 Å². The van der Waals surface area contributed by atoms with Gasteiger partial charge < -0.3 is 10.1 Å². The van der Waals surface area contributed by atoms with E-state index >= 15 is 0 Å². The van der Waals surface area contributed by atoms with Gasteiger partial charge in [-0.25, -0.2) is 12.8 Å². The summed E-state index contributed by atoms with van der Waals surface area (Å²) in [6.07, 6.45) is 0.610. The summed E-state index contributed by atoms with van der Waals surface area (Å²) in [5.41, 5.74) is 1.58. The number of ether oxygens (including phenoxy) is 1. The Balaban J connectivity index is 1.70. The molecule has 0 aliphatic rings. The summed E-state index contributed by atoms with van der Waals surface area (Å²) < 4.78 is 46.5. The maximum absolute atomic E-state index is 13.5. The van der Waals surface area contributed by atoms with E-state index in [2.05, 4.69) is 10.0 Å². The van der Waals surface area contributed by atoms with Crippen LogP contribution in [0.5, 0.6) is 5.75 Å². The number of carbonyl (C=O) groups excluding carboxylic acids is 1. The number of methoxy groups -OCH3 is 1. The van der Waals surface area contributed by atoms with Crippen LogP contribution in [-0.4, -0.2) is 28.0 Å². The van der Waals surface area contributed by atoms with Crippen LogP contribution in [0.4, 0.5) is 10.1 Å². The van der Waals surface area contributed by atoms with Crippen molar-refractivity contribution in [2.75, 3.05) is 18.4 Å². The number of amides is 1. The van der Waals surface area contributed by atoms with E-state index in [9.17, 15) is 17.6 Å². The lowest BCUT2D eigenvalue weighted by Crippen LogP contribution is -2.27. The largest absolute Gasteiger partial charge is 0.497 e. The van der Waals surface area contributed by atoms with Gasteiger partial charge in [0, 0.05) is 6.54 Å². The third-order valence-corrected chi connectivity index (χ3v) is 6.08. The van der Waals surface area contributed by atoms with E-state index in [0.29, 0.717) is 13.0 Å². The Kier molecular flexibility index (Phi) is 6.91. The molecule has 0 unspecified atom stereocenters. The molecule has 3 aromatic rings. The zero-order valence-corrected chi connectivity index (χ0v) is 18.0. The maximum atomic E-state index is 13.5. The average Bonchev–Trinajstić information content (AvgIpc) is 2.76. The lowest BCUT2D eigenvalue weighted by Gasteiger charge is -2.13. The summed E-state index contributed by atoms with van der Waals surface area (Å²) >= 11 is 0. The predicted molar refractivity (Wildman–Crippen MR) is 117 cm³/mol. The van der Waals surface area contributed by atoms with Gasteiger partial charge in [-0.2, -0.15) is 0 Å². The predicted octanol–water partition coefficient (Wildman–Crippen LogP) is 3.92. The number of rotatable bonds is 8. The molecule has 0 radical (unpaired) electrons. The number of hydrogen-bond donors (Lipinski definition) is 2. The molecular formula is C23H23FN2O4S. The van der Waals surface area contributed by atoms with Crippen LogP contribution in [0.3, 0.4) is 0 Å². The molecule has 6 nitrogen and oxygen atoms in total. The zero-order chi connectivity index (χ0) is 22.4. The van der Waals surface area contributed by atoms with E-state index in [1.165, 1.54) is 31.2 Å². The Morgan fingerprint density at radius 3 is 2.42 bits per heavy atom. The first-order valence-electron chi connectivity index (χ1n) is 9.59. The molecule has 0 saturated heterocycles. The molecule has 3 rings (SSSR count).